The number of aliphatic hydroxyl groups is 1. The third kappa shape index (κ3) is 2.25. The molecular formula is C7H8BrN3O3. The van der Waals surface area contributed by atoms with Gasteiger partial charge in [-0.05, 0) is 15.9 Å². The lowest BCUT2D eigenvalue weighted by atomic mass is 10.2. The van der Waals surface area contributed by atoms with Gasteiger partial charge in [0.1, 0.15) is 5.69 Å². The van der Waals surface area contributed by atoms with Crippen LogP contribution in [0.15, 0.2) is 16.7 Å². The number of nitrogens with two attached hydrogens (primary N) is 1. The third-order valence-electron chi connectivity index (χ3n) is 1.61. The van der Waals surface area contributed by atoms with Gasteiger partial charge in [0, 0.05) is 16.7 Å². The fraction of sp³-hybridized carbons (Fsp3) is 0.286. The van der Waals surface area contributed by atoms with E-state index in [1.54, 1.807) is 0 Å². The van der Waals surface area contributed by atoms with E-state index in [-0.39, 0.29) is 18.0 Å². The van der Waals surface area contributed by atoms with Crippen LogP contribution in [0, 0.1) is 10.1 Å². The molecule has 0 aromatic carbocycles. The first-order valence-electron chi connectivity index (χ1n) is 3.72. The molecule has 1 aromatic rings. The van der Waals surface area contributed by atoms with E-state index in [0.717, 1.165) is 0 Å². The minimum Gasteiger partial charge on any atom is -0.394 e. The quantitative estimate of drug-likeness (QED) is 0.617. The Labute approximate surface area is 88.0 Å². The highest BCUT2D eigenvalue weighted by Crippen LogP contribution is 2.24. The first-order valence-corrected chi connectivity index (χ1v) is 4.52. The average Bonchev–Trinajstić information content (AvgIpc) is 2.16. The topological polar surface area (TPSA) is 102 Å². The summed E-state index contributed by atoms with van der Waals surface area (Å²) in [6.45, 7) is -0.379. The van der Waals surface area contributed by atoms with Gasteiger partial charge >= 0.3 is 0 Å². The molecule has 76 valence electrons. The molecule has 1 heterocycles. The summed E-state index contributed by atoms with van der Waals surface area (Å²) in [5.74, 6) is 0. The van der Waals surface area contributed by atoms with Gasteiger partial charge in [-0.3, -0.25) is 15.1 Å². The molecule has 0 saturated heterocycles. The van der Waals surface area contributed by atoms with Crippen molar-refractivity contribution < 1.29 is 10.0 Å². The monoisotopic (exact) mass is 261 g/mol. The van der Waals surface area contributed by atoms with Gasteiger partial charge in [0.05, 0.1) is 17.6 Å². The number of nitro groups is 1. The minimum atomic E-state index is -0.830. The zero-order valence-electron chi connectivity index (χ0n) is 7.05. The molecule has 0 bridgehead atoms. The fourth-order valence-corrected chi connectivity index (χ4v) is 1.28. The summed E-state index contributed by atoms with van der Waals surface area (Å²) in [7, 11) is 0. The molecule has 1 rings (SSSR count). The maximum atomic E-state index is 10.6. The van der Waals surface area contributed by atoms with Gasteiger partial charge in [-0.1, -0.05) is 0 Å². The van der Waals surface area contributed by atoms with E-state index >= 15 is 0 Å². The molecule has 0 spiro atoms. The summed E-state index contributed by atoms with van der Waals surface area (Å²) in [6.07, 6.45) is 1.40. The molecule has 0 radical (unpaired) electrons. The molecule has 0 amide bonds. The van der Waals surface area contributed by atoms with Crippen LogP contribution in [-0.2, 0) is 0 Å². The van der Waals surface area contributed by atoms with Gasteiger partial charge < -0.3 is 10.8 Å². The molecule has 3 N–H and O–H groups in total. The van der Waals surface area contributed by atoms with E-state index in [1.807, 2.05) is 0 Å². The Kier molecular flexibility index (Phi) is 3.50. The number of aromatic nitrogens is 1. The molecule has 0 aliphatic carbocycles. The fourth-order valence-electron chi connectivity index (χ4n) is 0.958. The molecule has 14 heavy (non-hydrogen) atoms. The Morgan fingerprint density at radius 2 is 2.43 bits per heavy atom. The third-order valence-corrected chi connectivity index (χ3v) is 2.04. The Morgan fingerprint density at radius 1 is 1.79 bits per heavy atom. The van der Waals surface area contributed by atoms with Crippen molar-refractivity contribution in [2.24, 2.45) is 5.73 Å². The number of halogens is 1. The number of aliphatic hydroxyl groups excluding tert-OH is 1. The van der Waals surface area contributed by atoms with Crippen LogP contribution >= 0.6 is 15.9 Å². The molecule has 0 aliphatic rings. The van der Waals surface area contributed by atoms with Gasteiger partial charge in [0.25, 0.3) is 5.69 Å². The van der Waals surface area contributed by atoms with Crippen molar-refractivity contribution in [2.45, 2.75) is 6.04 Å². The second-order valence-electron chi connectivity index (χ2n) is 2.60. The summed E-state index contributed by atoms with van der Waals surface area (Å²) in [5.41, 5.74) is 5.34. The lowest BCUT2D eigenvalue weighted by Crippen LogP contribution is -2.17. The lowest BCUT2D eigenvalue weighted by molar-refractivity contribution is -0.386. The summed E-state index contributed by atoms with van der Waals surface area (Å²) in [6, 6.07) is 0.473. The lowest BCUT2D eigenvalue weighted by Gasteiger charge is -2.07. The zero-order valence-corrected chi connectivity index (χ0v) is 8.64. The van der Waals surface area contributed by atoms with Gasteiger partial charge in [0.2, 0.25) is 0 Å². The van der Waals surface area contributed by atoms with Gasteiger partial charge in [-0.15, -0.1) is 0 Å². The molecule has 1 aromatic heterocycles. The molecule has 7 heteroatoms. The number of hydrogen-bond donors (Lipinski definition) is 2. The van der Waals surface area contributed by atoms with Crippen LogP contribution in [0.25, 0.3) is 0 Å². The van der Waals surface area contributed by atoms with Gasteiger partial charge in [-0.25, -0.2) is 0 Å². The molecule has 6 nitrogen and oxygen atoms in total. The van der Waals surface area contributed by atoms with E-state index in [1.165, 1.54) is 12.3 Å². The van der Waals surface area contributed by atoms with Crippen LogP contribution in [0.1, 0.15) is 11.7 Å². The van der Waals surface area contributed by atoms with Crippen molar-refractivity contribution in [3.8, 4) is 0 Å². The van der Waals surface area contributed by atoms with Crippen molar-refractivity contribution >= 4 is 21.6 Å². The highest BCUT2D eigenvalue weighted by atomic mass is 79.9. The molecule has 0 saturated carbocycles. The maximum absolute atomic E-state index is 10.6. The van der Waals surface area contributed by atoms with E-state index in [4.69, 9.17) is 10.8 Å². The van der Waals surface area contributed by atoms with Crippen LogP contribution in [0.3, 0.4) is 0 Å². The van der Waals surface area contributed by atoms with Gasteiger partial charge in [-0.2, -0.15) is 0 Å². The summed E-state index contributed by atoms with van der Waals surface area (Å²) >= 11 is 3.07. The van der Waals surface area contributed by atoms with Crippen molar-refractivity contribution in [1.82, 2.24) is 4.98 Å². The SMILES string of the molecule is N[C@@H](CO)c1ncc(Br)cc1[N+](=O)[O-]. The summed E-state index contributed by atoms with van der Waals surface area (Å²) in [4.78, 5) is 13.8. The highest BCUT2D eigenvalue weighted by Gasteiger charge is 2.20. The predicted octanol–water partition coefficient (Wildman–Crippen LogP) is 0.744. The molecule has 0 fully saturated rings. The standard InChI is InChI=1S/C7H8BrN3O3/c8-4-1-6(11(13)14)7(10-2-4)5(9)3-12/h1-2,5,12H,3,9H2/t5-/m0/s1. The van der Waals surface area contributed by atoms with Crippen LogP contribution in [0.2, 0.25) is 0 Å². The van der Waals surface area contributed by atoms with Crippen LogP contribution in [0.4, 0.5) is 5.69 Å². The Balaban J connectivity index is 3.21. The van der Waals surface area contributed by atoms with Crippen LogP contribution < -0.4 is 5.73 Å². The second-order valence-corrected chi connectivity index (χ2v) is 3.52. The number of nitrogens with zero attached hydrogens (tertiary/aromatic N) is 2. The highest BCUT2D eigenvalue weighted by molar-refractivity contribution is 9.10. The van der Waals surface area contributed by atoms with E-state index in [2.05, 4.69) is 20.9 Å². The molecular weight excluding hydrogens is 254 g/mol. The zero-order chi connectivity index (χ0) is 10.7. The number of hydrogen-bond acceptors (Lipinski definition) is 5. The summed E-state index contributed by atoms with van der Waals surface area (Å²) in [5, 5.41) is 19.4. The average molecular weight is 262 g/mol. The van der Waals surface area contributed by atoms with E-state index in [9.17, 15) is 10.1 Å². The minimum absolute atomic E-state index is 0.0840. The Bertz CT molecular complexity index is 358. The first-order chi connectivity index (χ1) is 6.56. The largest absolute Gasteiger partial charge is 0.394 e. The molecule has 0 aliphatic heterocycles. The Hall–Kier alpha value is -1.05. The van der Waals surface area contributed by atoms with Crippen molar-refractivity contribution in [1.29, 1.82) is 0 Å². The Morgan fingerprint density at radius 3 is 2.93 bits per heavy atom. The molecule has 0 unspecified atom stereocenters. The summed E-state index contributed by atoms with van der Waals surface area (Å²) < 4.78 is 0.498. The van der Waals surface area contributed by atoms with Crippen LogP contribution in [0.5, 0.6) is 0 Å². The predicted molar refractivity (Wildman–Crippen MR) is 52.6 cm³/mol. The normalized spacial score (nSPS) is 12.5. The van der Waals surface area contributed by atoms with Crippen molar-refractivity contribution in [3.63, 3.8) is 0 Å². The van der Waals surface area contributed by atoms with Crippen molar-refractivity contribution in [3.05, 3.63) is 32.5 Å². The number of rotatable bonds is 3. The second kappa shape index (κ2) is 4.45. The van der Waals surface area contributed by atoms with Gasteiger partial charge in [0.15, 0.2) is 0 Å². The van der Waals surface area contributed by atoms with E-state index < -0.39 is 11.0 Å². The number of pyridine rings is 1. The molecule has 1 atom stereocenters. The van der Waals surface area contributed by atoms with Crippen LogP contribution in [-0.4, -0.2) is 21.6 Å². The van der Waals surface area contributed by atoms with Crippen molar-refractivity contribution in [2.75, 3.05) is 6.61 Å². The smallest absolute Gasteiger partial charge is 0.293 e. The first kappa shape index (κ1) is 11.0. The van der Waals surface area contributed by atoms with E-state index in [0.29, 0.717) is 4.47 Å². The maximum Gasteiger partial charge on any atom is 0.293 e.